The van der Waals surface area contributed by atoms with Crippen molar-refractivity contribution in [1.29, 1.82) is 0 Å². The van der Waals surface area contributed by atoms with Crippen molar-refractivity contribution in [3.05, 3.63) is 87.0 Å². The number of carbonyl (C=O) groups is 2. The van der Waals surface area contributed by atoms with E-state index in [1.54, 1.807) is 18.2 Å². The van der Waals surface area contributed by atoms with Crippen LogP contribution in [0.15, 0.2) is 80.2 Å². The minimum Gasteiger partial charge on any atom is -0.450 e. The number of rotatable bonds is 6. The van der Waals surface area contributed by atoms with Gasteiger partial charge in [-0.15, -0.1) is 0 Å². The first-order chi connectivity index (χ1) is 16.0. The largest absolute Gasteiger partial charge is 0.450 e. The van der Waals surface area contributed by atoms with Gasteiger partial charge in [0.2, 0.25) is 0 Å². The number of hydrogen-bond acceptors (Lipinski definition) is 8. The Hall–Kier alpha value is -3.83. The standard InChI is InChI=1S/C22H14N4O5S2/c27-20-18(32-22(28)25(20)12-13-4-3-5-14(10-13)26(29)30)11-15-8-9-19(31-15)33-21-23-16-6-1-2-7-17(16)24-21/h1-11H,12H2,(H,23,24). The van der Waals surface area contributed by atoms with Crippen LogP contribution in [0.1, 0.15) is 11.3 Å². The predicted molar refractivity (Wildman–Crippen MR) is 124 cm³/mol. The molecule has 0 bridgehead atoms. The fourth-order valence-corrected chi connectivity index (χ4v) is 4.84. The second-order valence-corrected chi connectivity index (χ2v) is 9.00. The number of H-pyrrole nitrogens is 1. The molecule has 9 nitrogen and oxygen atoms in total. The molecular weight excluding hydrogens is 464 g/mol. The molecule has 1 aliphatic heterocycles. The Morgan fingerprint density at radius 2 is 2.00 bits per heavy atom. The average Bonchev–Trinajstić information content (AvgIpc) is 3.48. The van der Waals surface area contributed by atoms with E-state index in [1.807, 2.05) is 24.3 Å². The SMILES string of the molecule is O=C1SC(=Cc2ccc(Sc3nc4ccccc4[nH]3)o2)C(=O)N1Cc1cccc([N+](=O)[O-])c1. The number of nitro groups is 1. The van der Waals surface area contributed by atoms with Crippen molar-refractivity contribution in [3.8, 4) is 0 Å². The third-order valence-corrected chi connectivity index (χ3v) is 6.49. The number of fused-ring (bicyclic) bond motifs is 1. The van der Waals surface area contributed by atoms with Crippen molar-refractivity contribution in [1.82, 2.24) is 14.9 Å². The smallest absolute Gasteiger partial charge is 0.293 e. The van der Waals surface area contributed by atoms with Crippen molar-refractivity contribution >= 4 is 57.5 Å². The summed E-state index contributed by atoms with van der Waals surface area (Å²) >= 11 is 2.11. The number of thioether (sulfide) groups is 1. The number of aromatic amines is 1. The first-order valence-electron chi connectivity index (χ1n) is 9.67. The molecular formula is C22H14N4O5S2. The van der Waals surface area contributed by atoms with Crippen LogP contribution >= 0.6 is 23.5 Å². The zero-order valence-corrected chi connectivity index (χ0v) is 18.4. The van der Waals surface area contributed by atoms with E-state index in [2.05, 4.69) is 9.97 Å². The molecule has 33 heavy (non-hydrogen) atoms. The molecule has 2 aromatic carbocycles. The van der Waals surface area contributed by atoms with Gasteiger partial charge >= 0.3 is 0 Å². The van der Waals surface area contributed by atoms with Gasteiger partial charge in [0.1, 0.15) is 5.76 Å². The highest BCUT2D eigenvalue weighted by atomic mass is 32.2. The summed E-state index contributed by atoms with van der Waals surface area (Å²) in [5, 5.41) is 11.8. The van der Waals surface area contributed by atoms with Gasteiger partial charge in [0.05, 0.1) is 27.4 Å². The van der Waals surface area contributed by atoms with Crippen LogP contribution in [0.4, 0.5) is 10.5 Å². The van der Waals surface area contributed by atoms with E-state index in [9.17, 15) is 19.7 Å². The zero-order valence-electron chi connectivity index (χ0n) is 16.8. The lowest BCUT2D eigenvalue weighted by molar-refractivity contribution is -0.384. The number of non-ortho nitro benzene ring substituents is 1. The van der Waals surface area contributed by atoms with Gasteiger partial charge in [-0.2, -0.15) is 0 Å². The molecule has 2 amide bonds. The molecule has 0 atom stereocenters. The van der Waals surface area contributed by atoms with Crippen LogP contribution in [-0.4, -0.2) is 30.9 Å². The van der Waals surface area contributed by atoms with Gasteiger partial charge in [0.15, 0.2) is 10.2 Å². The van der Waals surface area contributed by atoms with Crippen LogP contribution in [0, 0.1) is 10.1 Å². The maximum Gasteiger partial charge on any atom is 0.293 e. The Labute approximate surface area is 195 Å². The molecule has 0 saturated carbocycles. The third-order valence-electron chi connectivity index (χ3n) is 4.78. The van der Waals surface area contributed by atoms with Gasteiger partial charge < -0.3 is 9.40 Å². The quantitative estimate of drug-likeness (QED) is 0.220. The lowest BCUT2D eigenvalue weighted by Gasteiger charge is -2.12. The first-order valence-corrected chi connectivity index (χ1v) is 11.3. The summed E-state index contributed by atoms with van der Waals surface area (Å²) in [4.78, 5) is 44.6. The van der Waals surface area contributed by atoms with E-state index in [-0.39, 0.29) is 17.1 Å². The number of hydrogen-bond donors (Lipinski definition) is 1. The molecule has 5 rings (SSSR count). The van der Waals surface area contributed by atoms with E-state index in [1.165, 1.54) is 36.0 Å². The monoisotopic (exact) mass is 478 g/mol. The molecule has 1 aliphatic rings. The Kier molecular flexibility index (Phi) is 5.48. The zero-order chi connectivity index (χ0) is 22.9. The highest BCUT2D eigenvalue weighted by molar-refractivity contribution is 8.18. The van der Waals surface area contributed by atoms with Gasteiger partial charge in [0, 0.05) is 18.2 Å². The molecule has 4 aromatic rings. The van der Waals surface area contributed by atoms with Crippen molar-refractivity contribution < 1.29 is 18.9 Å². The number of benzene rings is 2. The number of aromatic nitrogens is 2. The number of para-hydroxylation sites is 2. The third kappa shape index (κ3) is 4.41. The summed E-state index contributed by atoms with van der Waals surface area (Å²) in [6.45, 7) is -0.0466. The molecule has 2 aromatic heterocycles. The minimum absolute atomic E-state index is 0.0466. The number of nitro benzene ring substituents is 1. The van der Waals surface area contributed by atoms with Crippen LogP contribution in [0.5, 0.6) is 0 Å². The second-order valence-electron chi connectivity index (χ2n) is 7.01. The molecule has 164 valence electrons. The van der Waals surface area contributed by atoms with Gasteiger partial charge in [0.25, 0.3) is 16.8 Å². The summed E-state index contributed by atoms with van der Waals surface area (Å²) < 4.78 is 5.78. The molecule has 0 aliphatic carbocycles. The van der Waals surface area contributed by atoms with Gasteiger partial charge in [-0.05, 0) is 53.4 Å². The van der Waals surface area contributed by atoms with Gasteiger partial charge in [-0.3, -0.25) is 24.6 Å². The van der Waals surface area contributed by atoms with Crippen LogP contribution < -0.4 is 0 Å². The van der Waals surface area contributed by atoms with E-state index >= 15 is 0 Å². The van der Waals surface area contributed by atoms with Crippen molar-refractivity contribution in [2.75, 3.05) is 0 Å². The number of imide groups is 1. The topological polar surface area (TPSA) is 122 Å². The van der Waals surface area contributed by atoms with Crippen LogP contribution in [0.3, 0.4) is 0 Å². The number of nitrogens with zero attached hydrogens (tertiary/aromatic N) is 3. The van der Waals surface area contributed by atoms with E-state index in [0.717, 1.165) is 27.7 Å². The summed E-state index contributed by atoms with van der Waals surface area (Å²) in [5.41, 5.74) is 2.17. The Morgan fingerprint density at radius 3 is 2.82 bits per heavy atom. The van der Waals surface area contributed by atoms with Gasteiger partial charge in [-0.25, -0.2) is 4.98 Å². The average molecular weight is 479 g/mol. The lowest BCUT2D eigenvalue weighted by Crippen LogP contribution is -2.27. The summed E-state index contributed by atoms with van der Waals surface area (Å²) in [7, 11) is 0. The highest BCUT2D eigenvalue weighted by Gasteiger charge is 2.35. The normalized spacial score (nSPS) is 15.2. The van der Waals surface area contributed by atoms with E-state index in [4.69, 9.17) is 4.42 Å². The number of carbonyl (C=O) groups excluding carboxylic acids is 2. The summed E-state index contributed by atoms with van der Waals surface area (Å²) in [6, 6.07) is 17.0. The van der Waals surface area contributed by atoms with E-state index in [0.29, 0.717) is 21.6 Å². The van der Waals surface area contributed by atoms with Crippen molar-refractivity contribution in [3.63, 3.8) is 0 Å². The number of amides is 2. The number of nitrogens with one attached hydrogen (secondary N) is 1. The van der Waals surface area contributed by atoms with Crippen LogP contribution in [-0.2, 0) is 11.3 Å². The lowest BCUT2D eigenvalue weighted by atomic mass is 10.2. The molecule has 1 saturated heterocycles. The molecule has 0 unspecified atom stereocenters. The summed E-state index contributed by atoms with van der Waals surface area (Å²) in [6.07, 6.45) is 1.51. The second kappa shape index (κ2) is 8.60. The minimum atomic E-state index is -0.519. The maximum atomic E-state index is 12.8. The van der Waals surface area contributed by atoms with Gasteiger partial charge in [-0.1, -0.05) is 24.3 Å². The van der Waals surface area contributed by atoms with Crippen molar-refractivity contribution in [2.24, 2.45) is 0 Å². The highest BCUT2D eigenvalue weighted by Crippen LogP contribution is 2.35. The molecule has 1 fully saturated rings. The number of furan rings is 1. The predicted octanol–water partition coefficient (Wildman–Crippen LogP) is 5.45. The molecule has 11 heteroatoms. The molecule has 1 N–H and O–H groups in total. The fraction of sp³-hybridized carbons (Fsp3) is 0.0455. The molecule has 3 heterocycles. The first kappa shape index (κ1) is 21.0. The maximum absolute atomic E-state index is 12.8. The van der Waals surface area contributed by atoms with Crippen LogP contribution in [0.25, 0.3) is 17.1 Å². The van der Waals surface area contributed by atoms with Crippen LogP contribution in [0.2, 0.25) is 0 Å². The van der Waals surface area contributed by atoms with E-state index < -0.39 is 16.1 Å². The Balaban J connectivity index is 1.30. The molecule has 0 spiro atoms. The fourth-order valence-electron chi connectivity index (χ4n) is 3.26. The Bertz CT molecular complexity index is 1410. The summed E-state index contributed by atoms with van der Waals surface area (Å²) in [5.74, 6) is -0.0474. The molecule has 0 radical (unpaired) electrons. The Morgan fingerprint density at radius 1 is 1.15 bits per heavy atom. The number of imidazole rings is 1. The van der Waals surface area contributed by atoms with Crippen molar-refractivity contribution in [2.45, 2.75) is 16.8 Å².